The van der Waals surface area contributed by atoms with Crippen LogP contribution in [0.3, 0.4) is 0 Å². The van der Waals surface area contributed by atoms with Gasteiger partial charge in [-0.1, -0.05) is 6.92 Å². The molecule has 1 N–H and O–H groups in total. The standard InChI is InChI=1S/C15H23N3O/c1-2-9-16-14-11-6-3-4-7-12(11)17-15(18-14)13-8-5-10-19-13/h13H,2-10H2,1H3,(H,16,17,18). The van der Waals surface area contributed by atoms with Gasteiger partial charge in [-0.25, -0.2) is 9.97 Å². The van der Waals surface area contributed by atoms with Crippen LogP contribution in [0.5, 0.6) is 0 Å². The first kappa shape index (κ1) is 12.9. The molecule has 2 heterocycles. The van der Waals surface area contributed by atoms with E-state index in [-0.39, 0.29) is 6.10 Å². The lowest BCUT2D eigenvalue weighted by atomic mass is 9.96. The minimum atomic E-state index is 0.120. The van der Waals surface area contributed by atoms with Crippen molar-refractivity contribution in [2.24, 2.45) is 0 Å². The van der Waals surface area contributed by atoms with Crippen molar-refractivity contribution in [3.05, 3.63) is 17.1 Å². The number of aromatic nitrogens is 2. The van der Waals surface area contributed by atoms with E-state index in [4.69, 9.17) is 14.7 Å². The zero-order valence-corrected chi connectivity index (χ0v) is 11.7. The molecule has 4 heteroatoms. The summed E-state index contributed by atoms with van der Waals surface area (Å²) in [5, 5.41) is 3.48. The lowest BCUT2D eigenvalue weighted by Gasteiger charge is -2.21. The van der Waals surface area contributed by atoms with E-state index in [0.29, 0.717) is 0 Å². The van der Waals surface area contributed by atoms with Gasteiger partial charge in [0.05, 0.1) is 0 Å². The highest BCUT2D eigenvalue weighted by atomic mass is 16.5. The zero-order chi connectivity index (χ0) is 13.1. The monoisotopic (exact) mass is 261 g/mol. The van der Waals surface area contributed by atoms with E-state index in [1.54, 1.807) is 0 Å². The number of fused-ring (bicyclic) bond motifs is 1. The normalized spacial score (nSPS) is 22.3. The smallest absolute Gasteiger partial charge is 0.159 e. The third-order valence-corrected chi connectivity index (χ3v) is 3.96. The molecule has 1 aromatic heterocycles. The molecule has 0 amide bonds. The SMILES string of the molecule is CCCNc1nc(C2CCCO2)nc2c1CCCC2. The van der Waals surface area contributed by atoms with Crippen molar-refractivity contribution in [2.75, 3.05) is 18.5 Å². The third kappa shape index (κ3) is 2.73. The molecule has 1 saturated heterocycles. The molecule has 2 aliphatic rings. The Hall–Kier alpha value is -1.16. The number of aryl methyl sites for hydroxylation is 1. The summed E-state index contributed by atoms with van der Waals surface area (Å²) < 4.78 is 5.74. The van der Waals surface area contributed by atoms with Gasteiger partial charge >= 0.3 is 0 Å². The van der Waals surface area contributed by atoms with Crippen LogP contribution >= 0.6 is 0 Å². The highest BCUT2D eigenvalue weighted by Crippen LogP contribution is 2.31. The van der Waals surface area contributed by atoms with Gasteiger partial charge in [-0.2, -0.15) is 0 Å². The fourth-order valence-corrected chi connectivity index (χ4v) is 2.93. The molecule has 1 aliphatic carbocycles. The van der Waals surface area contributed by atoms with Crippen LogP contribution in [-0.2, 0) is 17.6 Å². The van der Waals surface area contributed by atoms with Crippen LogP contribution in [0.15, 0.2) is 0 Å². The second-order valence-electron chi connectivity index (χ2n) is 5.49. The maximum Gasteiger partial charge on any atom is 0.159 e. The van der Waals surface area contributed by atoms with Crippen molar-refractivity contribution in [3.63, 3.8) is 0 Å². The molecule has 0 saturated carbocycles. The summed E-state index contributed by atoms with van der Waals surface area (Å²) in [6.07, 6.45) is 8.15. The number of nitrogens with zero attached hydrogens (tertiary/aromatic N) is 2. The van der Waals surface area contributed by atoms with Gasteiger partial charge in [0.25, 0.3) is 0 Å². The first-order valence-corrected chi connectivity index (χ1v) is 7.63. The molecule has 0 radical (unpaired) electrons. The summed E-state index contributed by atoms with van der Waals surface area (Å²) in [4.78, 5) is 9.55. The summed E-state index contributed by atoms with van der Waals surface area (Å²) in [5.41, 5.74) is 2.60. The Balaban J connectivity index is 1.92. The molecule has 0 bridgehead atoms. The van der Waals surface area contributed by atoms with Crippen molar-refractivity contribution in [1.82, 2.24) is 9.97 Å². The largest absolute Gasteiger partial charge is 0.370 e. The lowest BCUT2D eigenvalue weighted by molar-refractivity contribution is 0.105. The quantitative estimate of drug-likeness (QED) is 0.905. The summed E-state index contributed by atoms with van der Waals surface area (Å²) in [7, 11) is 0. The van der Waals surface area contributed by atoms with Crippen molar-refractivity contribution in [1.29, 1.82) is 0 Å². The number of hydrogen-bond donors (Lipinski definition) is 1. The molecule has 0 spiro atoms. The molecule has 104 valence electrons. The van der Waals surface area contributed by atoms with Crippen LogP contribution in [0.1, 0.15) is 62.2 Å². The van der Waals surface area contributed by atoms with Crippen molar-refractivity contribution in [3.8, 4) is 0 Å². The highest BCUT2D eigenvalue weighted by Gasteiger charge is 2.24. The Kier molecular flexibility index (Phi) is 3.97. The van der Waals surface area contributed by atoms with Gasteiger partial charge in [0.2, 0.25) is 0 Å². The summed E-state index contributed by atoms with van der Waals surface area (Å²) in [6.45, 7) is 4.01. The Morgan fingerprint density at radius 1 is 1.21 bits per heavy atom. The van der Waals surface area contributed by atoms with Crippen LogP contribution in [0.2, 0.25) is 0 Å². The topological polar surface area (TPSA) is 47.0 Å². The van der Waals surface area contributed by atoms with Crippen molar-refractivity contribution >= 4 is 5.82 Å². The number of rotatable bonds is 4. The minimum absolute atomic E-state index is 0.120. The van der Waals surface area contributed by atoms with Gasteiger partial charge in [-0.05, 0) is 44.9 Å². The van der Waals surface area contributed by atoms with E-state index in [9.17, 15) is 0 Å². The average molecular weight is 261 g/mol. The predicted molar refractivity (Wildman–Crippen MR) is 75.4 cm³/mol. The van der Waals surface area contributed by atoms with Gasteiger partial charge in [-0.3, -0.25) is 0 Å². The number of anilines is 1. The molecule has 1 unspecified atom stereocenters. The second-order valence-corrected chi connectivity index (χ2v) is 5.49. The number of ether oxygens (including phenoxy) is 1. The van der Waals surface area contributed by atoms with E-state index >= 15 is 0 Å². The van der Waals surface area contributed by atoms with Gasteiger partial charge in [0.1, 0.15) is 11.9 Å². The van der Waals surface area contributed by atoms with E-state index in [0.717, 1.165) is 56.9 Å². The minimum Gasteiger partial charge on any atom is -0.370 e. The van der Waals surface area contributed by atoms with E-state index in [1.807, 2.05) is 0 Å². The van der Waals surface area contributed by atoms with Gasteiger partial charge in [-0.15, -0.1) is 0 Å². The molecular formula is C15H23N3O. The third-order valence-electron chi connectivity index (χ3n) is 3.96. The Morgan fingerprint density at radius 3 is 2.89 bits per heavy atom. The summed E-state index contributed by atoms with van der Waals surface area (Å²) >= 11 is 0. The van der Waals surface area contributed by atoms with Gasteiger partial charge in [0.15, 0.2) is 5.82 Å². The molecule has 3 rings (SSSR count). The molecule has 0 aromatic carbocycles. The molecular weight excluding hydrogens is 238 g/mol. The van der Waals surface area contributed by atoms with E-state index < -0.39 is 0 Å². The maximum absolute atomic E-state index is 5.74. The Bertz CT molecular complexity index is 441. The summed E-state index contributed by atoms with van der Waals surface area (Å²) in [5.74, 6) is 1.97. The molecule has 19 heavy (non-hydrogen) atoms. The second kappa shape index (κ2) is 5.87. The first-order valence-electron chi connectivity index (χ1n) is 7.63. The summed E-state index contributed by atoms with van der Waals surface area (Å²) in [6, 6.07) is 0. The van der Waals surface area contributed by atoms with Crippen molar-refractivity contribution in [2.45, 2.75) is 58.0 Å². The Morgan fingerprint density at radius 2 is 2.11 bits per heavy atom. The van der Waals surface area contributed by atoms with Gasteiger partial charge < -0.3 is 10.1 Å². The Labute approximate surface area is 115 Å². The average Bonchev–Trinajstić information content (AvgIpc) is 2.98. The molecule has 1 fully saturated rings. The molecule has 1 aromatic rings. The molecule has 1 atom stereocenters. The highest BCUT2D eigenvalue weighted by molar-refractivity contribution is 5.48. The van der Waals surface area contributed by atoms with Crippen molar-refractivity contribution < 1.29 is 4.74 Å². The van der Waals surface area contributed by atoms with Crippen LogP contribution in [-0.4, -0.2) is 23.1 Å². The molecule has 1 aliphatic heterocycles. The van der Waals surface area contributed by atoms with Crippen LogP contribution in [0, 0.1) is 0 Å². The van der Waals surface area contributed by atoms with Gasteiger partial charge in [0, 0.05) is 24.4 Å². The van der Waals surface area contributed by atoms with Crippen LogP contribution < -0.4 is 5.32 Å². The number of nitrogens with one attached hydrogen (secondary N) is 1. The fourth-order valence-electron chi connectivity index (χ4n) is 2.93. The van der Waals surface area contributed by atoms with Crippen LogP contribution in [0.4, 0.5) is 5.82 Å². The van der Waals surface area contributed by atoms with Crippen LogP contribution in [0.25, 0.3) is 0 Å². The fraction of sp³-hybridized carbons (Fsp3) is 0.733. The van der Waals surface area contributed by atoms with E-state index in [1.165, 1.54) is 24.1 Å². The molecule has 4 nitrogen and oxygen atoms in total. The van der Waals surface area contributed by atoms with E-state index in [2.05, 4.69) is 12.2 Å². The predicted octanol–water partition coefficient (Wildman–Crippen LogP) is 3.03. The lowest BCUT2D eigenvalue weighted by Crippen LogP contribution is -2.16. The zero-order valence-electron chi connectivity index (χ0n) is 11.7. The maximum atomic E-state index is 5.74. The first-order chi connectivity index (χ1) is 9.38. The number of hydrogen-bond acceptors (Lipinski definition) is 4.